The smallest absolute Gasteiger partial charge is 0.251 e. The summed E-state index contributed by atoms with van der Waals surface area (Å²) in [6.07, 6.45) is 3.66. The van der Waals surface area contributed by atoms with Crippen LogP contribution in [-0.2, 0) is 16.8 Å². The Balaban J connectivity index is 0.00000272. The van der Waals surface area contributed by atoms with Gasteiger partial charge in [0, 0.05) is 16.8 Å². The molecule has 0 heterocycles. The molecule has 160 valence electrons. The summed E-state index contributed by atoms with van der Waals surface area (Å²) in [5.74, 6) is -0.0371. The minimum atomic E-state index is -0.404. The molecule has 3 nitrogen and oxygen atoms in total. The molecule has 0 spiro atoms. The molecule has 0 aromatic heterocycles. The van der Waals surface area contributed by atoms with Crippen LogP contribution < -0.4 is 11.1 Å². The summed E-state index contributed by atoms with van der Waals surface area (Å²) in [6, 6.07) is 22.8. The molecule has 3 aromatic carbocycles. The van der Waals surface area contributed by atoms with E-state index in [0.717, 1.165) is 40.8 Å². The minimum Gasteiger partial charge on any atom is -0.322 e. The van der Waals surface area contributed by atoms with Gasteiger partial charge in [-0.15, -0.1) is 24.0 Å². The maximum atomic E-state index is 12.9. The van der Waals surface area contributed by atoms with Gasteiger partial charge in [0.15, 0.2) is 0 Å². The number of fused-ring (bicyclic) bond motifs is 1. The van der Waals surface area contributed by atoms with Crippen molar-refractivity contribution in [2.75, 3.05) is 5.32 Å². The van der Waals surface area contributed by atoms with Crippen LogP contribution in [0.1, 0.15) is 42.5 Å². The van der Waals surface area contributed by atoms with E-state index in [1.165, 1.54) is 16.7 Å². The number of halogens is 1. The Morgan fingerprint density at radius 2 is 1.68 bits per heavy atom. The van der Waals surface area contributed by atoms with E-state index in [9.17, 15) is 4.79 Å². The molecule has 0 unspecified atom stereocenters. The molecule has 1 amide bonds. The molecule has 1 aliphatic rings. The summed E-state index contributed by atoms with van der Waals surface area (Å²) in [7, 11) is 0. The molecular formula is C27H29IN2O. The lowest BCUT2D eigenvalue weighted by atomic mass is 9.89. The Morgan fingerprint density at radius 3 is 2.35 bits per heavy atom. The van der Waals surface area contributed by atoms with Crippen LogP contribution in [0.15, 0.2) is 72.3 Å². The summed E-state index contributed by atoms with van der Waals surface area (Å²) in [4.78, 5) is 12.9. The quantitative estimate of drug-likeness (QED) is 0.386. The minimum absolute atomic E-state index is 0. The lowest BCUT2D eigenvalue weighted by molar-refractivity contribution is -0.112. The van der Waals surface area contributed by atoms with Gasteiger partial charge < -0.3 is 11.1 Å². The summed E-state index contributed by atoms with van der Waals surface area (Å²) >= 11 is 0. The highest BCUT2D eigenvalue weighted by molar-refractivity contribution is 14.0. The Hall–Kier alpha value is -2.44. The fourth-order valence-electron chi connectivity index (χ4n) is 4.15. The summed E-state index contributed by atoms with van der Waals surface area (Å²) in [5, 5.41) is 3.06. The molecule has 0 fully saturated rings. The molecule has 4 heteroatoms. The fourth-order valence-corrected chi connectivity index (χ4v) is 4.15. The fraction of sp³-hybridized carbons (Fsp3) is 0.222. The Morgan fingerprint density at radius 1 is 0.935 bits per heavy atom. The van der Waals surface area contributed by atoms with E-state index in [0.29, 0.717) is 0 Å². The lowest BCUT2D eigenvalue weighted by Gasteiger charge is -2.22. The van der Waals surface area contributed by atoms with E-state index in [2.05, 4.69) is 35.6 Å². The van der Waals surface area contributed by atoms with Crippen LogP contribution in [0, 0.1) is 6.92 Å². The van der Waals surface area contributed by atoms with E-state index in [1.807, 2.05) is 63.2 Å². The second kappa shape index (κ2) is 9.37. The van der Waals surface area contributed by atoms with Crippen molar-refractivity contribution < 1.29 is 4.79 Å². The molecule has 0 saturated heterocycles. The van der Waals surface area contributed by atoms with Crippen LogP contribution in [0.3, 0.4) is 0 Å². The standard InChI is InChI=1S/C27H28N2O.HI/c1-18-15-24(13-14-25(18)27(2,3)28)29-26(30)22-12-10-20-9-11-21(16-23(20)17-22)19-7-5-4-6-8-19;/h4-9,11,13-17H,10,12,28H2,1-3H3,(H,29,30);1H. The van der Waals surface area contributed by atoms with Gasteiger partial charge >= 0.3 is 0 Å². The molecule has 4 rings (SSSR count). The van der Waals surface area contributed by atoms with Gasteiger partial charge in [0.05, 0.1) is 0 Å². The van der Waals surface area contributed by atoms with Crippen molar-refractivity contribution >= 4 is 41.6 Å². The van der Waals surface area contributed by atoms with Gasteiger partial charge in [-0.2, -0.15) is 0 Å². The number of nitrogens with two attached hydrogens (primary N) is 1. The highest BCUT2D eigenvalue weighted by Gasteiger charge is 2.19. The second-order valence-corrected chi connectivity index (χ2v) is 8.65. The van der Waals surface area contributed by atoms with Crippen LogP contribution in [0.5, 0.6) is 0 Å². The number of hydrogen-bond acceptors (Lipinski definition) is 2. The summed E-state index contributed by atoms with van der Waals surface area (Å²) in [5.41, 5.74) is 14.4. The third-order valence-corrected chi connectivity index (χ3v) is 5.72. The second-order valence-electron chi connectivity index (χ2n) is 8.65. The van der Waals surface area contributed by atoms with Gasteiger partial charge in [-0.3, -0.25) is 4.79 Å². The number of carbonyl (C=O) groups is 1. The molecule has 1 aliphatic carbocycles. The maximum absolute atomic E-state index is 12.9. The maximum Gasteiger partial charge on any atom is 0.251 e. The molecule has 0 radical (unpaired) electrons. The van der Waals surface area contributed by atoms with Crippen LogP contribution in [0.25, 0.3) is 17.2 Å². The Bertz CT molecular complexity index is 1130. The zero-order chi connectivity index (χ0) is 21.3. The number of rotatable bonds is 4. The van der Waals surface area contributed by atoms with Crippen molar-refractivity contribution in [3.8, 4) is 11.1 Å². The number of hydrogen-bond donors (Lipinski definition) is 2. The van der Waals surface area contributed by atoms with Crippen molar-refractivity contribution in [2.24, 2.45) is 5.73 Å². The van der Waals surface area contributed by atoms with E-state index < -0.39 is 5.54 Å². The van der Waals surface area contributed by atoms with Gasteiger partial charge in [0.1, 0.15) is 0 Å². The van der Waals surface area contributed by atoms with Crippen LogP contribution in [-0.4, -0.2) is 5.91 Å². The van der Waals surface area contributed by atoms with Crippen molar-refractivity contribution in [3.05, 3.63) is 94.6 Å². The summed E-state index contributed by atoms with van der Waals surface area (Å²) < 4.78 is 0. The molecule has 3 N–H and O–H groups in total. The molecule has 31 heavy (non-hydrogen) atoms. The highest BCUT2D eigenvalue weighted by Crippen LogP contribution is 2.30. The normalized spacial score (nSPS) is 13.0. The van der Waals surface area contributed by atoms with E-state index in [-0.39, 0.29) is 29.9 Å². The average molecular weight is 524 g/mol. The monoisotopic (exact) mass is 524 g/mol. The zero-order valence-electron chi connectivity index (χ0n) is 18.2. The molecule has 3 aromatic rings. The molecule has 0 bridgehead atoms. The molecule has 0 atom stereocenters. The van der Waals surface area contributed by atoms with E-state index in [1.54, 1.807) is 0 Å². The van der Waals surface area contributed by atoms with Gasteiger partial charge in [-0.05, 0) is 91.3 Å². The van der Waals surface area contributed by atoms with Gasteiger partial charge in [0.2, 0.25) is 0 Å². The number of carbonyl (C=O) groups excluding carboxylic acids is 1. The van der Waals surface area contributed by atoms with Gasteiger partial charge in [0.25, 0.3) is 5.91 Å². The first kappa shape index (κ1) is 23.2. The van der Waals surface area contributed by atoms with Crippen LogP contribution in [0.2, 0.25) is 0 Å². The first-order valence-electron chi connectivity index (χ1n) is 10.4. The Labute approximate surface area is 201 Å². The predicted molar refractivity (Wildman–Crippen MR) is 141 cm³/mol. The molecule has 0 saturated carbocycles. The van der Waals surface area contributed by atoms with E-state index in [4.69, 9.17) is 5.73 Å². The molecular weight excluding hydrogens is 495 g/mol. The highest BCUT2D eigenvalue weighted by atomic mass is 127. The van der Waals surface area contributed by atoms with Crippen LogP contribution >= 0.6 is 24.0 Å². The van der Waals surface area contributed by atoms with Crippen molar-refractivity contribution in [1.29, 1.82) is 0 Å². The number of benzene rings is 3. The zero-order valence-corrected chi connectivity index (χ0v) is 20.6. The average Bonchev–Trinajstić information content (AvgIpc) is 2.72. The Kier molecular flexibility index (Phi) is 7.02. The van der Waals surface area contributed by atoms with Crippen molar-refractivity contribution in [3.63, 3.8) is 0 Å². The SMILES string of the molecule is Cc1cc(NC(=O)C2=Cc3cc(-c4ccccc4)ccc3CC2)ccc1C(C)(C)N.I. The van der Waals surface area contributed by atoms with Gasteiger partial charge in [-0.1, -0.05) is 48.5 Å². The number of nitrogens with one attached hydrogen (secondary N) is 1. The van der Waals surface area contributed by atoms with Crippen LogP contribution in [0.4, 0.5) is 5.69 Å². The molecule has 0 aliphatic heterocycles. The number of anilines is 1. The van der Waals surface area contributed by atoms with Crippen molar-refractivity contribution in [1.82, 2.24) is 0 Å². The van der Waals surface area contributed by atoms with Crippen molar-refractivity contribution in [2.45, 2.75) is 39.2 Å². The first-order chi connectivity index (χ1) is 14.3. The number of amides is 1. The lowest BCUT2D eigenvalue weighted by Crippen LogP contribution is -2.29. The largest absolute Gasteiger partial charge is 0.322 e. The van der Waals surface area contributed by atoms with Gasteiger partial charge in [-0.25, -0.2) is 0 Å². The predicted octanol–water partition coefficient (Wildman–Crippen LogP) is 6.44. The first-order valence-corrected chi connectivity index (χ1v) is 10.4. The topological polar surface area (TPSA) is 55.1 Å². The third kappa shape index (κ3) is 5.25. The van der Waals surface area contributed by atoms with E-state index >= 15 is 0 Å². The number of aryl methyl sites for hydroxylation is 2. The summed E-state index contributed by atoms with van der Waals surface area (Å²) in [6.45, 7) is 6.00. The third-order valence-electron chi connectivity index (χ3n) is 5.72.